The minimum Gasteiger partial charge on any atom is -0.388 e. The average molecular weight is 227 g/mol. The predicted octanol–water partition coefficient (Wildman–Crippen LogP) is 1.24. The smallest absolute Gasteiger partial charge is 0.188 e. The van der Waals surface area contributed by atoms with Gasteiger partial charge in [-0.3, -0.25) is 4.99 Å². The summed E-state index contributed by atoms with van der Waals surface area (Å²) in [5, 5.41) is 13.3. The fourth-order valence-electron chi connectivity index (χ4n) is 2.25. The second-order valence-electron chi connectivity index (χ2n) is 4.81. The van der Waals surface area contributed by atoms with Gasteiger partial charge in [0.25, 0.3) is 0 Å². The Labute approximate surface area is 98.3 Å². The fourth-order valence-corrected chi connectivity index (χ4v) is 2.25. The predicted molar refractivity (Wildman–Crippen MR) is 67.4 cm³/mol. The zero-order chi connectivity index (χ0) is 12.0. The highest BCUT2D eigenvalue weighted by Crippen LogP contribution is 2.33. The zero-order valence-corrected chi connectivity index (χ0v) is 10.5. The van der Waals surface area contributed by atoms with Gasteiger partial charge in [0.05, 0.1) is 12.1 Å². The summed E-state index contributed by atoms with van der Waals surface area (Å²) in [4.78, 5) is 4.19. The van der Waals surface area contributed by atoms with Gasteiger partial charge < -0.3 is 16.2 Å². The van der Waals surface area contributed by atoms with Crippen molar-refractivity contribution in [2.24, 2.45) is 16.6 Å². The Hall–Kier alpha value is -0.770. The molecule has 0 spiro atoms. The van der Waals surface area contributed by atoms with E-state index in [0.29, 0.717) is 12.5 Å². The molecule has 0 unspecified atom stereocenters. The van der Waals surface area contributed by atoms with Gasteiger partial charge in [0, 0.05) is 6.54 Å². The average Bonchev–Trinajstić information content (AvgIpc) is 2.28. The maximum Gasteiger partial charge on any atom is 0.188 e. The van der Waals surface area contributed by atoms with Crippen LogP contribution in [0.25, 0.3) is 0 Å². The van der Waals surface area contributed by atoms with Gasteiger partial charge in [0.1, 0.15) is 0 Å². The van der Waals surface area contributed by atoms with Gasteiger partial charge in [-0.1, -0.05) is 13.3 Å². The first-order chi connectivity index (χ1) is 7.59. The van der Waals surface area contributed by atoms with E-state index in [9.17, 15) is 5.11 Å². The molecule has 4 nitrogen and oxygen atoms in total. The molecule has 94 valence electrons. The Morgan fingerprint density at radius 3 is 2.56 bits per heavy atom. The van der Waals surface area contributed by atoms with Crippen LogP contribution in [0.4, 0.5) is 0 Å². The summed E-state index contributed by atoms with van der Waals surface area (Å²) in [6.45, 7) is 5.40. The van der Waals surface area contributed by atoms with Gasteiger partial charge in [-0.2, -0.15) is 0 Å². The largest absolute Gasteiger partial charge is 0.388 e. The normalized spacial score (nSPS) is 31.4. The molecular weight excluding hydrogens is 202 g/mol. The van der Waals surface area contributed by atoms with Crippen LogP contribution in [-0.2, 0) is 0 Å². The minimum atomic E-state index is -0.619. The van der Waals surface area contributed by atoms with Crippen LogP contribution in [-0.4, -0.2) is 29.8 Å². The Balaban J connectivity index is 2.39. The van der Waals surface area contributed by atoms with Crippen LogP contribution in [0.1, 0.15) is 46.0 Å². The lowest BCUT2D eigenvalue weighted by atomic mass is 9.78. The van der Waals surface area contributed by atoms with Crippen molar-refractivity contribution >= 4 is 5.96 Å². The van der Waals surface area contributed by atoms with Gasteiger partial charge in [0.15, 0.2) is 5.96 Å². The van der Waals surface area contributed by atoms with Gasteiger partial charge in [-0.25, -0.2) is 0 Å². The van der Waals surface area contributed by atoms with E-state index in [0.717, 1.165) is 38.1 Å². The summed E-state index contributed by atoms with van der Waals surface area (Å²) in [5.41, 5.74) is 5.02. The van der Waals surface area contributed by atoms with Crippen molar-refractivity contribution in [2.75, 3.05) is 13.1 Å². The van der Waals surface area contributed by atoms with Gasteiger partial charge in [-0.15, -0.1) is 0 Å². The van der Waals surface area contributed by atoms with Crippen LogP contribution in [0.3, 0.4) is 0 Å². The molecule has 0 aromatic carbocycles. The van der Waals surface area contributed by atoms with Crippen molar-refractivity contribution in [1.82, 2.24) is 5.32 Å². The Bertz CT molecular complexity index is 232. The summed E-state index contributed by atoms with van der Waals surface area (Å²) in [6.07, 6.45) is 5.16. The third-order valence-corrected chi connectivity index (χ3v) is 3.51. The molecule has 0 radical (unpaired) electrons. The molecule has 1 aliphatic rings. The van der Waals surface area contributed by atoms with Crippen molar-refractivity contribution in [1.29, 1.82) is 0 Å². The van der Waals surface area contributed by atoms with Crippen molar-refractivity contribution in [3.8, 4) is 0 Å². The monoisotopic (exact) mass is 227 g/mol. The number of aliphatic imine (C=N–C) groups is 1. The Kier molecular flexibility index (Phi) is 5.06. The Morgan fingerprint density at radius 1 is 1.44 bits per heavy atom. The lowest BCUT2D eigenvalue weighted by Crippen LogP contribution is -2.39. The number of hydrogen-bond acceptors (Lipinski definition) is 2. The second-order valence-corrected chi connectivity index (χ2v) is 4.81. The number of hydrogen-bond donors (Lipinski definition) is 3. The topological polar surface area (TPSA) is 70.6 Å². The van der Waals surface area contributed by atoms with E-state index in [2.05, 4.69) is 17.2 Å². The quantitative estimate of drug-likeness (QED) is 0.500. The SMILES string of the molecule is CCNC(N)=NCC1(O)CCC(CC)CC1. The molecule has 0 atom stereocenters. The number of nitrogens with two attached hydrogens (primary N) is 1. The van der Waals surface area contributed by atoms with Crippen LogP contribution in [0.15, 0.2) is 4.99 Å². The highest BCUT2D eigenvalue weighted by Gasteiger charge is 2.32. The molecule has 0 heterocycles. The Morgan fingerprint density at radius 2 is 2.06 bits per heavy atom. The van der Waals surface area contributed by atoms with E-state index >= 15 is 0 Å². The molecule has 0 aromatic rings. The molecule has 1 saturated carbocycles. The molecule has 16 heavy (non-hydrogen) atoms. The molecular formula is C12H25N3O. The summed E-state index contributed by atoms with van der Waals surface area (Å²) in [6, 6.07) is 0. The van der Waals surface area contributed by atoms with Crippen LogP contribution < -0.4 is 11.1 Å². The van der Waals surface area contributed by atoms with Crippen molar-refractivity contribution in [3.05, 3.63) is 0 Å². The molecule has 0 aromatic heterocycles. The third-order valence-electron chi connectivity index (χ3n) is 3.51. The highest BCUT2D eigenvalue weighted by molar-refractivity contribution is 5.77. The summed E-state index contributed by atoms with van der Waals surface area (Å²) < 4.78 is 0. The second kappa shape index (κ2) is 6.09. The zero-order valence-electron chi connectivity index (χ0n) is 10.5. The van der Waals surface area contributed by atoms with Crippen molar-refractivity contribution in [3.63, 3.8) is 0 Å². The molecule has 0 aliphatic heterocycles. The maximum absolute atomic E-state index is 10.3. The molecule has 0 saturated heterocycles. The summed E-state index contributed by atoms with van der Waals surface area (Å²) in [5.74, 6) is 1.23. The highest BCUT2D eigenvalue weighted by atomic mass is 16.3. The lowest BCUT2D eigenvalue weighted by Gasteiger charge is -2.34. The number of rotatable bonds is 4. The molecule has 4 heteroatoms. The molecule has 1 fully saturated rings. The molecule has 0 bridgehead atoms. The van der Waals surface area contributed by atoms with E-state index in [1.807, 2.05) is 6.92 Å². The fraction of sp³-hybridized carbons (Fsp3) is 0.917. The van der Waals surface area contributed by atoms with Gasteiger partial charge >= 0.3 is 0 Å². The van der Waals surface area contributed by atoms with E-state index in [-0.39, 0.29) is 0 Å². The number of aliphatic hydroxyl groups is 1. The van der Waals surface area contributed by atoms with Gasteiger partial charge in [-0.05, 0) is 38.5 Å². The van der Waals surface area contributed by atoms with Crippen LogP contribution in [0, 0.1) is 5.92 Å². The van der Waals surface area contributed by atoms with Crippen molar-refractivity contribution in [2.45, 2.75) is 51.6 Å². The number of nitrogens with one attached hydrogen (secondary N) is 1. The van der Waals surface area contributed by atoms with E-state index in [1.54, 1.807) is 0 Å². The van der Waals surface area contributed by atoms with Crippen LogP contribution in [0.5, 0.6) is 0 Å². The lowest BCUT2D eigenvalue weighted by molar-refractivity contribution is -0.000985. The standard InChI is InChI=1S/C12H25N3O/c1-3-10-5-7-12(16,8-6-10)9-15-11(13)14-4-2/h10,16H,3-9H2,1-2H3,(H3,13,14,15). The van der Waals surface area contributed by atoms with E-state index < -0.39 is 5.60 Å². The first-order valence-corrected chi connectivity index (χ1v) is 6.36. The maximum atomic E-state index is 10.3. The number of nitrogens with zero attached hydrogens (tertiary/aromatic N) is 1. The third kappa shape index (κ3) is 4.00. The van der Waals surface area contributed by atoms with E-state index in [4.69, 9.17) is 5.73 Å². The first-order valence-electron chi connectivity index (χ1n) is 6.36. The minimum absolute atomic E-state index is 0.433. The molecule has 4 N–H and O–H groups in total. The van der Waals surface area contributed by atoms with E-state index in [1.165, 1.54) is 6.42 Å². The molecule has 1 aliphatic carbocycles. The molecule has 1 rings (SSSR count). The number of guanidine groups is 1. The van der Waals surface area contributed by atoms with Gasteiger partial charge in [0.2, 0.25) is 0 Å². The summed E-state index contributed by atoms with van der Waals surface area (Å²) >= 11 is 0. The summed E-state index contributed by atoms with van der Waals surface area (Å²) in [7, 11) is 0. The van der Waals surface area contributed by atoms with Crippen LogP contribution in [0.2, 0.25) is 0 Å². The first kappa shape index (κ1) is 13.3. The van der Waals surface area contributed by atoms with Crippen molar-refractivity contribution < 1.29 is 5.11 Å². The molecule has 0 amide bonds. The van der Waals surface area contributed by atoms with Crippen LogP contribution >= 0.6 is 0 Å².